The van der Waals surface area contributed by atoms with Gasteiger partial charge in [-0.25, -0.2) is 9.69 Å². The van der Waals surface area contributed by atoms with E-state index < -0.39 is 0 Å². The quantitative estimate of drug-likeness (QED) is 0.359. The van der Waals surface area contributed by atoms with Gasteiger partial charge in [-0.15, -0.1) is 16.4 Å². The fourth-order valence-corrected chi connectivity index (χ4v) is 4.94. The van der Waals surface area contributed by atoms with E-state index in [0.717, 1.165) is 16.2 Å². The van der Waals surface area contributed by atoms with Crippen molar-refractivity contribution in [2.45, 2.75) is 24.2 Å². The summed E-state index contributed by atoms with van der Waals surface area (Å²) in [6.07, 6.45) is 2.16. The van der Waals surface area contributed by atoms with Crippen LogP contribution < -0.4 is 0 Å². The van der Waals surface area contributed by atoms with Crippen molar-refractivity contribution in [3.63, 3.8) is 0 Å². The molecule has 0 N–H and O–H groups in total. The molecule has 0 saturated carbocycles. The van der Waals surface area contributed by atoms with Gasteiger partial charge in [0.15, 0.2) is 0 Å². The van der Waals surface area contributed by atoms with Crippen LogP contribution in [0.1, 0.15) is 28.7 Å². The third-order valence-corrected chi connectivity index (χ3v) is 6.98. The van der Waals surface area contributed by atoms with Crippen LogP contribution in [-0.4, -0.2) is 42.6 Å². The molecule has 1 aliphatic rings. The van der Waals surface area contributed by atoms with Gasteiger partial charge in [-0.1, -0.05) is 41.6 Å². The molecule has 162 valence electrons. The Bertz CT molecular complexity index is 1220. The number of benzene rings is 1. The fraction of sp³-hybridized carbons (Fsp3) is 0.190. The largest absolute Gasteiger partial charge is 0.467 e. The molecular formula is C21H17ClN6O2S2. The van der Waals surface area contributed by atoms with Gasteiger partial charge in [-0.2, -0.15) is 5.10 Å². The lowest BCUT2D eigenvalue weighted by Crippen LogP contribution is -2.28. The fourth-order valence-electron chi connectivity index (χ4n) is 3.40. The minimum atomic E-state index is -0.300. The summed E-state index contributed by atoms with van der Waals surface area (Å²) in [6.45, 7) is 0.568. The second kappa shape index (κ2) is 9.27. The summed E-state index contributed by atoms with van der Waals surface area (Å²) < 4.78 is 7.29. The highest BCUT2D eigenvalue weighted by molar-refractivity contribution is 7.99. The van der Waals surface area contributed by atoms with Gasteiger partial charge in [-0.3, -0.25) is 4.79 Å². The van der Waals surface area contributed by atoms with Gasteiger partial charge in [0.1, 0.15) is 11.8 Å². The molecule has 0 bridgehead atoms. The van der Waals surface area contributed by atoms with Crippen molar-refractivity contribution in [3.05, 3.63) is 81.4 Å². The number of tetrazole rings is 1. The van der Waals surface area contributed by atoms with Crippen LogP contribution in [0.3, 0.4) is 0 Å². The average molecular weight is 485 g/mol. The molecule has 0 unspecified atom stereocenters. The van der Waals surface area contributed by atoms with E-state index in [4.69, 9.17) is 16.0 Å². The lowest BCUT2D eigenvalue weighted by atomic mass is 10.0. The zero-order valence-electron chi connectivity index (χ0n) is 16.7. The second-order valence-electron chi connectivity index (χ2n) is 7.01. The van der Waals surface area contributed by atoms with Crippen molar-refractivity contribution >= 4 is 46.3 Å². The summed E-state index contributed by atoms with van der Waals surface area (Å²) in [6, 6.07) is 14.8. The number of amides is 1. The van der Waals surface area contributed by atoms with Crippen LogP contribution in [0.2, 0.25) is 5.02 Å². The van der Waals surface area contributed by atoms with Crippen molar-refractivity contribution in [2.24, 2.45) is 5.10 Å². The van der Waals surface area contributed by atoms with E-state index in [-0.39, 0.29) is 17.7 Å². The molecule has 0 radical (unpaired) electrons. The normalized spacial score (nSPS) is 15.8. The number of furan rings is 1. The number of rotatable bonds is 7. The lowest BCUT2D eigenvalue weighted by molar-refractivity contribution is -0.130. The monoisotopic (exact) mass is 484 g/mol. The van der Waals surface area contributed by atoms with E-state index in [9.17, 15) is 4.79 Å². The summed E-state index contributed by atoms with van der Waals surface area (Å²) in [5, 5.41) is 21.3. The summed E-state index contributed by atoms with van der Waals surface area (Å²) in [5.41, 5.74) is 1.73. The van der Waals surface area contributed by atoms with E-state index in [2.05, 4.69) is 20.6 Å². The first-order valence-corrected chi connectivity index (χ1v) is 12.0. The molecule has 0 fully saturated rings. The maximum absolute atomic E-state index is 13.2. The number of halogens is 1. The highest BCUT2D eigenvalue weighted by Crippen LogP contribution is 2.34. The standard InChI is InChI=1S/C21H17ClN6O2S2/c22-15-7-5-14(6-8-15)17-11-18(19-4-1-9-30-19)28(24-17)20(29)13-32-21-23-25-26-27(21)12-16-3-2-10-31-16/h1-10,18H,11-13H2/t18-/m0/s1. The van der Waals surface area contributed by atoms with Crippen LogP contribution in [0, 0.1) is 0 Å². The Labute approximate surface area is 196 Å². The molecule has 0 spiro atoms. The van der Waals surface area contributed by atoms with Crippen LogP contribution in [-0.2, 0) is 11.3 Å². The number of hydrazone groups is 1. The van der Waals surface area contributed by atoms with E-state index in [0.29, 0.717) is 28.9 Å². The first-order chi connectivity index (χ1) is 15.7. The van der Waals surface area contributed by atoms with Gasteiger partial charge in [0.25, 0.3) is 5.91 Å². The van der Waals surface area contributed by atoms with Crippen molar-refractivity contribution in [1.82, 2.24) is 25.2 Å². The van der Waals surface area contributed by atoms with Crippen LogP contribution in [0.25, 0.3) is 0 Å². The van der Waals surface area contributed by atoms with E-state index in [1.54, 1.807) is 22.3 Å². The maximum Gasteiger partial charge on any atom is 0.253 e. The molecule has 1 amide bonds. The molecule has 8 nitrogen and oxygen atoms in total. The van der Waals surface area contributed by atoms with E-state index in [1.807, 2.05) is 53.9 Å². The van der Waals surface area contributed by atoms with Crippen molar-refractivity contribution < 1.29 is 9.21 Å². The van der Waals surface area contributed by atoms with Gasteiger partial charge < -0.3 is 4.42 Å². The summed E-state index contributed by atoms with van der Waals surface area (Å²) in [5.74, 6) is 0.698. The Hall–Kier alpha value is -2.95. The number of thiophene rings is 1. The molecule has 4 aromatic rings. The molecule has 3 aromatic heterocycles. The Morgan fingerprint density at radius 2 is 2.09 bits per heavy atom. The lowest BCUT2D eigenvalue weighted by Gasteiger charge is -2.19. The van der Waals surface area contributed by atoms with Gasteiger partial charge in [0.05, 0.1) is 24.3 Å². The third kappa shape index (κ3) is 4.47. The maximum atomic E-state index is 13.2. The van der Waals surface area contributed by atoms with E-state index in [1.165, 1.54) is 16.8 Å². The van der Waals surface area contributed by atoms with Crippen LogP contribution >= 0.6 is 34.7 Å². The average Bonchev–Trinajstić information content (AvgIpc) is 3.60. The molecule has 1 aliphatic heterocycles. The molecule has 5 rings (SSSR count). The first-order valence-electron chi connectivity index (χ1n) is 9.77. The molecule has 0 aliphatic carbocycles. The number of nitrogens with zero attached hydrogens (tertiary/aromatic N) is 6. The number of carbonyl (C=O) groups excluding carboxylic acids is 1. The number of carbonyl (C=O) groups is 1. The van der Waals surface area contributed by atoms with Gasteiger partial charge in [0.2, 0.25) is 5.16 Å². The highest BCUT2D eigenvalue weighted by Gasteiger charge is 2.35. The number of hydrogen-bond acceptors (Lipinski definition) is 8. The van der Waals surface area contributed by atoms with E-state index >= 15 is 0 Å². The molecule has 0 saturated heterocycles. The van der Waals surface area contributed by atoms with Crippen molar-refractivity contribution in [2.75, 3.05) is 5.75 Å². The van der Waals surface area contributed by atoms with Crippen LogP contribution in [0.4, 0.5) is 0 Å². The van der Waals surface area contributed by atoms with Gasteiger partial charge in [-0.05, 0) is 51.7 Å². The Kier molecular flexibility index (Phi) is 6.06. The minimum Gasteiger partial charge on any atom is -0.467 e. The minimum absolute atomic E-state index is 0.147. The molecular weight excluding hydrogens is 468 g/mol. The predicted molar refractivity (Wildman–Crippen MR) is 123 cm³/mol. The molecule has 11 heteroatoms. The van der Waals surface area contributed by atoms with Crippen molar-refractivity contribution in [3.8, 4) is 0 Å². The smallest absolute Gasteiger partial charge is 0.253 e. The predicted octanol–water partition coefficient (Wildman–Crippen LogP) is 4.50. The third-order valence-electron chi connectivity index (χ3n) is 4.92. The number of thioether (sulfide) groups is 1. The second-order valence-corrected chi connectivity index (χ2v) is 9.43. The number of aromatic nitrogens is 4. The summed E-state index contributed by atoms with van der Waals surface area (Å²) >= 11 is 8.94. The Morgan fingerprint density at radius 3 is 2.84 bits per heavy atom. The van der Waals surface area contributed by atoms with Gasteiger partial charge in [0, 0.05) is 16.3 Å². The highest BCUT2D eigenvalue weighted by atomic mass is 35.5. The Morgan fingerprint density at radius 1 is 1.22 bits per heavy atom. The van der Waals surface area contributed by atoms with Crippen LogP contribution in [0.15, 0.2) is 74.8 Å². The Balaban J connectivity index is 1.33. The topological polar surface area (TPSA) is 89.4 Å². The van der Waals surface area contributed by atoms with Gasteiger partial charge >= 0.3 is 0 Å². The first kappa shape index (κ1) is 20.9. The summed E-state index contributed by atoms with van der Waals surface area (Å²) in [7, 11) is 0. The molecule has 32 heavy (non-hydrogen) atoms. The van der Waals surface area contributed by atoms with Crippen molar-refractivity contribution in [1.29, 1.82) is 0 Å². The van der Waals surface area contributed by atoms with Crippen LogP contribution in [0.5, 0.6) is 0 Å². The number of hydrogen-bond donors (Lipinski definition) is 0. The summed E-state index contributed by atoms with van der Waals surface area (Å²) in [4.78, 5) is 14.3. The SMILES string of the molecule is O=C(CSc1nnnn1Cc1cccs1)N1N=C(c2ccc(Cl)cc2)C[C@H]1c1ccco1. The molecule has 1 atom stereocenters. The molecule has 1 aromatic carbocycles. The molecule has 4 heterocycles. The zero-order valence-corrected chi connectivity index (χ0v) is 19.1. The zero-order chi connectivity index (χ0) is 21.9.